The summed E-state index contributed by atoms with van der Waals surface area (Å²) in [6.07, 6.45) is 3.28. The molecule has 5 heteroatoms. The van der Waals surface area contributed by atoms with E-state index in [1.54, 1.807) is 47.2 Å². The molecule has 3 aromatic rings. The molecule has 1 aromatic carbocycles. The van der Waals surface area contributed by atoms with E-state index in [9.17, 15) is 0 Å². The number of hydrogen-bond acceptors (Lipinski definition) is 4. The molecular weight excluding hydrogens is 228 g/mol. The van der Waals surface area contributed by atoms with Crippen LogP contribution in [0.3, 0.4) is 0 Å². The SMILES string of the molecule is N#Cc1ccccc1Oc1ccnc2ccnn12. The van der Waals surface area contributed by atoms with Crippen molar-refractivity contribution in [1.82, 2.24) is 14.6 Å². The van der Waals surface area contributed by atoms with Crippen LogP contribution in [0.15, 0.2) is 48.8 Å². The molecule has 3 rings (SSSR count). The second-order valence-electron chi connectivity index (χ2n) is 3.59. The molecule has 0 atom stereocenters. The van der Waals surface area contributed by atoms with Crippen LogP contribution in [0.1, 0.15) is 5.56 Å². The van der Waals surface area contributed by atoms with Gasteiger partial charge in [0.2, 0.25) is 5.88 Å². The molecule has 2 aromatic heterocycles. The lowest BCUT2D eigenvalue weighted by molar-refractivity contribution is 0.445. The van der Waals surface area contributed by atoms with Gasteiger partial charge in [0.25, 0.3) is 0 Å². The zero-order chi connectivity index (χ0) is 12.4. The van der Waals surface area contributed by atoms with Crippen molar-refractivity contribution in [3.63, 3.8) is 0 Å². The minimum absolute atomic E-state index is 0.481. The van der Waals surface area contributed by atoms with Crippen LogP contribution in [-0.4, -0.2) is 14.6 Å². The fourth-order valence-electron chi connectivity index (χ4n) is 1.65. The molecule has 86 valence electrons. The summed E-state index contributed by atoms with van der Waals surface area (Å²) in [5.41, 5.74) is 1.18. The predicted octanol–water partition coefficient (Wildman–Crippen LogP) is 2.39. The molecule has 5 nitrogen and oxygen atoms in total. The van der Waals surface area contributed by atoms with Crippen molar-refractivity contribution in [2.24, 2.45) is 0 Å². The van der Waals surface area contributed by atoms with Gasteiger partial charge in [0.05, 0.1) is 11.8 Å². The summed E-state index contributed by atoms with van der Waals surface area (Å²) in [4.78, 5) is 4.14. The average molecular weight is 236 g/mol. The Morgan fingerprint density at radius 3 is 2.89 bits per heavy atom. The highest BCUT2D eigenvalue weighted by molar-refractivity contribution is 5.45. The standard InChI is InChI=1S/C13H8N4O/c14-9-10-3-1-2-4-11(10)18-13-6-7-15-12-5-8-16-17(12)13/h1-8H. The first kappa shape index (κ1) is 10.3. The number of fused-ring (bicyclic) bond motifs is 1. The van der Waals surface area contributed by atoms with E-state index >= 15 is 0 Å². The van der Waals surface area contributed by atoms with Crippen molar-refractivity contribution in [3.8, 4) is 17.7 Å². The predicted molar refractivity (Wildman–Crippen MR) is 64.2 cm³/mol. The summed E-state index contributed by atoms with van der Waals surface area (Å²) in [5, 5.41) is 13.1. The molecule has 0 unspecified atom stereocenters. The van der Waals surface area contributed by atoms with Crippen molar-refractivity contribution < 1.29 is 4.74 Å². The summed E-state index contributed by atoms with van der Waals surface area (Å²) in [5.74, 6) is 1.02. The van der Waals surface area contributed by atoms with Crippen LogP contribution >= 0.6 is 0 Å². The Bertz CT molecular complexity index is 742. The van der Waals surface area contributed by atoms with Gasteiger partial charge in [-0.3, -0.25) is 0 Å². The van der Waals surface area contributed by atoms with E-state index in [1.165, 1.54) is 0 Å². The Morgan fingerprint density at radius 1 is 1.11 bits per heavy atom. The number of ether oxygens (including phenoxy) is 1. The summed E-state index contributed by atoms with van der Waals surface area (Å²) < 4.78 is 7.29. The first-order valence-electron chi connectivity index (χ1n) is 5.34. The topological polar surface area (TPSA) is 63.2 Å². The third-order valence-electron chi connectivity index (χ3n) is 2.48. The van der Waals surface area contributed by atoms with Crippen molar-refractivity contribution in [1.29, 1.82) is 5.26 Å². The summed E-state index contributed by atoms with van der Waals surface area (Å²) >= 11 is 0. The molecule has 0 amide bonds. The monoisotopic (exact) mass is 236 g/mol. The Balaban J connectivity index is 2.07. The molecule has 0 saturated carbocycles. The minimum Gasteiger partial charge on any atom is -0.437 e. The molecule has 0 saturated heterocycles. The Kier molecular flexibility index (Phi) is 2.39. The van der Waals surface area contributed by atoms with Crippen LogP contribution in [-0.2, 0) is 0 Å². The van der Waals surface area contributed by atoms with Gasteiger partial charge in [-0.05, 0) is 12.1 Å². The van der Waals surface area contributed by atoms with E-state index in [0.29, 0.717) is 22.8 Å². The normalized spacial score (nSPS) is 10.2. The Hall–Kier alpha value is -2.87. The lowest BCUT2D eigenvalue weighted by Gasteiger charge is -2.07. The lowest BCUT2D eigenvalue weighted by Crippen LogP contribution is -1.97. The summed E-state index contributed by atoms with van der Waals surface area (Å²) in [6.45, 7) is 0. The zero-order valence-electron chi connectivity index (χ0n) is 9.32. The van der Waals surface area contributed by atoms with Crippen LogP contribution in [0.5, 0.6) is 11.6 Å². The number of nitrogens with zero attached hydrogens (tertiary/aromatic N) is 4. The van der Waals surface area contributed by atoms with E-state index in [1.807, 2.05) is 6.07 Å². The number of aromatic nitrogens is 3. The highest BCUT2D eigenvalue weighted by Crippen LogP contribution is 2.24. The van der Waals surface area contributed by atoms with Gasteiger partial charge < -0.3 is 4.74 Å². The maximum Gasteiger partial charge on any atom is 0.223 e. The second-order valence-corrected chi connectivity index (χ2v) is 3.59. The maximum absolute atomic E-state index is 9.00. The van der Waals surface area contributed by atoms with Crippen molar-refractivity contribution in [2.45, 2.75) is 0 Å². The third kappa shape index (κ3) is 1.66. The molecule has 0 aliphatic carbocycles. The fourth-order valence-corrected chi connectivity index (χ4v) is 1.65. The maximum atomic E-state index is 9.00. The molecule has 0 N–H and O–H groups in total. The molecule has 0 fully saturated rings. The van der Waals surface area contributed by atoms with Gasteiger partial charge in [-0.1, -0.05) is 12.1 Å². The average Bonchev–Trinajstić information content (AvgIpc) is 2.89. The number of hydrogen-bond donors (Lipinski definition) is 0. The van der Waals surface area contributed by atoms with Crippen LogP contribution < -0.4 is 4.74 Å². The van der Waals surface area contributed by atoms with E-state index in [0.717, 1.165) is 0 Å². The van der Waals surface area contributed by atoms with Crippen LogP contribution in [0.25, 0.3) is 5.65 Å². The molecule has 0 bridgehead atoms. The highest BCUT2D eigenvalue weighted by Gasteiger charge is 2.07. The van der Waals surface area contributed by atoms with Crippen LogP contribution in [0, 0.1) is 11.3 Å². The van der Waals surface area contributed by atoms with Crippen molar-refractivity contribution in [3.05, 3.63) is 54.4 Å². The first-order valence-corrected chi connectivity index (χ1v) is 5.34. The van der Waals surface area contributed by atoms with E-state index < -0.39 is 0 Å². The van der Waals surface area contributed by atoms with Crippen molar-refractivity contribution >= 4 is 5.65 Å². The van der Waals surface area contributed by atoms with E-state index in [4.69, 9.17) is 10.00 Å². The van der Waals surface area contributed by atoms with Crippen LogP contribution in [0.2, 0.25) is 0 Å². The van der Waals surface area contributed by atoms with Gasteiger partial charge >= 0.3 is 0 Å². The molecule has 0 spiro atoms. The van der Waals surface area contributed by atoms with Gasteiger partial charge in [-0.15, -0.1) is 0 Å². The zero-order valence-corrected chi connectivity index (χ0v) is 9.32. The van der Waals surface area contributed by atoms with E-state index in [-0.39, 0.29) is 0 Å². The molecular formula is C13H8N4O. The molecule has 0 aliphatic heterocycles. The highest BCUT2D eigenvalue weighted by atomic mass is 16.5. The molecule has 2 heterocycles. The minimum atomic E-state index is 0.481. The first-order chi connectivity index (χ1) is 8.88. The Labute approximate surface area is 103 Å². The Morgan fingerprint density at radius 2 is 2.00 bits per heavy atom. The van der Waals surface area contributed by atoms with E-state index in [2.05, 4.69) is 16.2 Å². The molecule has 0 aliphatic rings. The largest absolute Gasteiger partial charge is 0.437 e. The van der Waals surface area contributed by atoms with Gasteiger partial charge in [0.1, 0.15) is 11.8 Å². The number of rotatable bonds is 2. The second kappa shape index (κ2) is 4.18. The molecule has 0 radical (unpaired) electrons. The van der Waals surface area contributed by atoms with Gasteiger partial charge in [-0.25, -0.2) is 4.98 Å². The summed E-state index contributed by atoms with van der Waals surface area (Å²) in [6, 6.07) is 12.6. The number of nitriles is 1. The quantitative estimate of drug-likeness (QED) is 0.685. The smallest absolute Gasteiger partial charge is 0.223 e. The number of benzene rings is 1. The summed E-state index contributed by atoms with van der Waals surface area (Å²) in [7, 11) is 0. The van der Waals surface area contributed by atoms with Gasteiger partial charge in [0, 0.05) is 18.3 Å². The van der Waals surface area contributed by atoms with Crippen LogP contribution in [0.4, 0.5) is 0 Å². The van der Waals surface area contributed by atoms with Crippen molar-refractivity contribution in [2.75, 3.05) is 0 Å². The molecule has 18 heavy (non-hydrogen) atoms. The lowest BCUT2D eigenvalue weighted by atomic mass is 10.2. The van der Waals surface area contributed by atoms with Gasteiger partial charge in [-0.2, -0.15) is 14.9 Å². The fraction of sp³-hybridized carbons (Fsp3) is 0. The third-order valence-corrected chi connectivity index (χ3v) is 2.48. The number of para-hydroxylation sites is 1. The van der Waals surface area contributed by atoms with Gasteiger partial charge in [0.15, 0.2) is 5.65 Å².